The Hall–Kier alpha value is -2.57. The number of imide groups is 1. The van der Waals surface area contributed by atoms with Gasteiger partial charge in [-0.3, -0.25) is 14.6 Å². The van der Waals surface area contributed by atoms with Gasteiger partial charge in [-0.1, -0.05) is 12.1 Å². The Balaban J connectivity index is 1.48. The molecule has 3 amide bonds. The topological polar surface area (TPSA) is 106 Å². The van der Waals surface area contributed by atoms with Crippen LogP contribution in [-0.2, 0) is 4.79 Å². The number of piperazine rings is 1. The molecule has 0 spiro atoms. The maximum Gasteiger partial charge on any atom is 0.422 e. The van der Waals surface area contributed by atoms with E-state index in [1.54, 1.807) is 18.2 Å². The summed E-state index contributed by atoms with van der Waals surface area (Å²) in [5.41, 5.74) is -1.48. The van der Waals surface area contributed by atoms with Crippen molar-refractivity contribution in [1.82, 2.24) is 15.1 Å². The zero-order valence-corrected chi connectivity index (χ0v) is 17.6. The summed E-state index contributed by atoms with van der Waals surface area (Å²) in [4.78, 5) is 29.2. The maximum atomic E-state index is 12.5. The smallest absolute Gasteiger partial charge is 0.422 e. The molecular weight excluding hydrogens is 433 g/mol. The summed E-state index contributed by atoms with van der Waals surface area (Å²) in [7, 11) is 0. The maximum absolute atomic E-state index is 12.5. The Morgan fingerprint density at radius 1 is 1.16 bits per heavy atom. The quantitative estimate of drug-likeness (QED) is 0.552. The second-order valence-electron chi connectivity index (χ2n) is 8.01. The van der Waals surface area contributed by atoms with E-state index in [0.29, 0.717) is 44.8 Å². The van der Waals surface area contributed by atoms with Crippen molar-refractivity contribution in [3.8, 4) is 5.75 Å². The fourth-order valence-corrected chi connectivity index (χ4v) is 3.69. The molecule has 3 rings (SSSR count). The Labute approximate surface area is 183 Å². The van der Waals surface area contributed by atoms with Crippen LogP contribution < -0.4 is 15.0 Å². The third-order valence-electron chi connectivity index (χ3n) is 5.54. The summed E-state index contributed by atoms with van der Waals surface area (Å²) in [5, 5.41) is 21.8. The van der Waals surface area contributed by atoms with Gasteiger partial charge in [0.2, 0.25) is 0 Å². The Morgan fingerprint density at radius 3 is 2.47 bits per heavy atom. The van der Waals surface area contributed by atoms with Gasteiger partial charge in [-0.05, 0) is 32.0 Å². The van der Waals surface area contributed by atoms with E-state index in [1.807, 2.05) is 4.90 Å². The lowest BCUT2D eigenvalue weighted by atomic mass is 10.0. The van der Waals surface area contributed by atoms with E-state index in [4.69, 9.17) is 4.74 Å². The molecule has 0 bridgehead atoms. The predicted octanol–water partition coefficient (Wildman–Crippen LogP) is 0.761. The van der Waals surface area contributed by atoms with Crippen LogP contribution in [0.25, 0.3) is 0 Å². The fraction of sp³-hybridized carbons (Fsp3) is 0.600. The number of aliphatic hydroxyl groups is 2. The number of para-hydroxylation sites is 2. The zero-order chi connectivity index (χ0) is 23.5. The standard InChI is InChI=1S/C20H27F3N4O5/c1-19(31)16(28)24-18(30)27(17(19)29)8-4-7-25-9-11-26(12-10-25)14-5-2-3-6-15(14)32-13-20(21,22)23/h2-3,5-6,16,28,31H,4,7-13H2,1H3,(H,24,30). The molecule has 2 heterocycles. The van der Waals surface area contributed by atoms with Crippen molar-refractivity contribution in [3.63, 3.8) is 0 Å². The lowest BCUT2D eigenvalue weighted by Crippen LogP contribution is -2.68. The van der Waals surface area contributed by atoms with E-state index in [9.17, 15) is 33.0 Å². The van der Waals surface area contributed by atoms with Gasteiger partial charge in [-0.15, -0.1) is 0 Å². The van der Waals surface area contributed by atoms with E-state index in [1.165, 1.54) is 6.07 Å². The number of aliphatic hydroxyl groups excluding tert-OH is 1. The zero-order valence-electron chi connectivity index (χ0n) is 17.6. The molecule has 0 saturated carbocycles. The molecule has 12 heteroatoms. The molecule has 178 valence electrons. The fourth-order valence-electron chi connectivity index (χ4n) is 3.69. The van der Waals surface area contributed by atoms with E-state index in [2.05, 4.69) is 10.2 Å². The number of carbonyl (C=O) groups excluding carboxylic acids is 2. The van der Waals surface area contributed by atoms with Gasteiger partial charge >= 0.3 is 12.2 Å². The first-order chi connectivity index (χ1) is 15.0. The summed E-state index contributed by atoms with van der Waals surface area (Å²) in [6.45, 7) is 2.91. The van der Waals surface area contributed by atoms with Crippen molar-refractivity contribution >= 4 is 17.6 Å². The van der Waals surface area contributed by atoms with Gasteiger partial charge in [0, 0.05) is 32.7 Å². The van der Waals surface area contributed by atoms with Gasteiger partial charge in [0.15, 0.2) is 18.4 Å². The SMILES string of the molecule is CC1(O)C(=O)N(CCCN2CCN(c3ccccc3OCC(F)(F)F)CC2)C(=O)NC1O. The molecule has 2 fully saturated rings. The predicted molar refractivity (Wildman–Crippen MR) is 108 cm³/mol. The van der Waals surface area contributed by atoms with Gasteiger partial charge in [-0.25, -0.2) is 4.79 Å². The number of nitrogens with one attached hydrogen (secondary N) is 1. The number of urea groups is 1. The van der Waals surface area contributed by atoms with Crippen LogP contribution in [0.15, 0.2) is 24.3 Å². The summed E-state index contributed by atoms with van der Waals surface area (Å²) in [5.74, 6) is -0.670. The first kappa shape index (κ1) is 24.1. The highest BCUT2D eigenvalue weighted by atomic mass is 19.4. The van der Waals surface area contributed by atoms with Gasteiger partial charge in [0.05, 0.1) is 5.69 Å². The van der Waals surface area contributed by atoms with Crippen molar-refractivity contribution in [2.24, 2.45) is 0 Å². The number of halogens is 3. The highest BCUT2D eigenvalue weighted by molar-refractivity contribution is 6.01. The van der Waals surface area contributed by atoms with Crippen LogP contribution >= 0.6 is 0 Å². The van der Waals surface area contributed by atoms with Crippen LogP contribution in [0.5, 0.6) is 5.75 Å². The number of hydrogen-bond acceptors (Lipinski definition) is 7. The lowest BCUT2D eigenvalue weighted by molar-refractivity contribution is -0.165. The minimum absolute atomic E-state index is 0.0852. The van der Waals surface area contributed by atoms with E-state index < -0.39 is 36.6 Å². The summed E-state index contributed by atoms with van der Waals surface area (Å²) in [6.07, 6.45) is -5.60. The second-order valence-corrected chi connectivity index (χ2v) is 8.01. The van der Waals surface area contributed by atoms with E-state index in [0.717, 1.165) is 11.8 Å². The minimum Gasteiger partial charge on any atom is -0.482 e. The molecule has 2 unspecified atom stereocenters. The number of ether oxygens (including phenoxy) is 1. The molecule has 32 heavy (non-hydrogen) atoms. The number of nitrogens with zero attached hydrogens (tertiary/aromatic N) is 3. The highest BCUT2D eigenvalue weighted by Crippen LogP contribution is 2.30. The monoisotopic (exact) mass is 460 g/mol. The molecule has 3 N–H and O–H groups in total. The molecule has 2 aliphatic rings. The lowest BCUT2D eigenvalue weighted by Gasteiger charge is -2.39. The van der Waals surface area contributed by atoms with Crippen LogP contribution in [-0.4, -0.2) is 95.8 Å². The number of benzene rings is 1. The molecule has 1 aromatic carbocycles. The van der Waals surface area contributed by atoms with E-state index in [-0.39, 0.29) is 12.3 Å². The normalized spacial score (nSPS) is 25.1. The molecule has 0 aromatic heterocycles. The average molecular weight is 460 g/mol. The third kappa shape index (κ3) is 5.61. The van der Waals surface area contributed by atoms with Crippen molar-refractivity contribution in [3.05, 3.63) is 24.3 Å². The third-order valence-corrected chi connectivity index (χ3v) is 5.54. The highest BCUT2D eigenvalue weighted by Gasteiger charge is 2.48. The first-order valence-corrected chi connectivity index (χ1v) is 10.3. The van der Waals surface area contributed by atoms with Gasteiger partial charge in [-0.2, -0.15) is 13.2 Å². The number of hydrogen-bond donors (Lipinski definition) is 3. The van der Waals surface area contributed by atoms with Crippen molar-refractivity contribution in [1.29, 1.82) is 0 Å². The molecule has 0 aliphatic carbocycles. The van der Waals surface area contributed by atoms with Gasteiger partial charge < -0.3 is 25.2 Å². The number of rotatable bonds is 7. The Bertz CT molecular complexity index is 828. The second kappa shape index (κ2) is 9.51. The summed E-state index contributed by atoms with van der Waals surface area (Å²) in [6, 6.07) is 5.85. The molecule has 2 aliphatic heterocycles. The number of alkyl halides is 3. The van der Waals surface area contributed by atoms with E-state index >= 15 is 0 Å². The van der Waals surface area contributed by atoms with Crippen LogP contribution in [0.3, 0.4) is 0 Å². The van der Waals surface area contributed by atoms with Crippen molar-refractivity contribution in [2.45, 2.75) is 31.3 Å². The summed E-state index contributed by atoms with van der Waals surface area (Å²) >= 11 is 0. The molecule has 1 aromatic rings. The van der Waals surface area contributed by atoms with Crippen LogP contribution in [0.1, 0.15) is 13.3 Å². The Morgan fingerprint density at radius 2 is 1.81 bits per heavy atom. The van der Waals surface area contributed by atoms with Gasteiger partial charge in [0.25, 0.3) is 5.91 Å². The number of anilines is 1. The van der Waals surface area contributed by atoms with Gasteiger partial charge in [0.1, 0.15) is 5.75 Å². The Kier molecular flexibility index (Phi) is 7.16. The summed E-state index contributed by atoms with van der Waals surface area (Å²) < 4.78 is 42.5. The number of carbonyl (C=O) groups is 2. The largest absolute Gasteiger partial charge is 0.482 e. The first-order valence-electron chi connectivity index (χ1n) is 10.3. The van der Waals surface area contributed by atoms with Crippen LogP contribution in [0, 0.1) is 0 Å². The van der Waals surface area contributed by atoms with Crippen LogP contribution in [0.4, 0.5) is 23.7 Å². The minimum atomic E-state index is -4.41. The molecule has 2 atom stereocenters. The van der Waals surface area contributed by atoms with Crippen molar-refractivity contribution < 1.29 is 37.7 Å². The number of amides is 3. The van der Waals surface area contributed by atoms with Crippen LogP contribution in [0.2, 0.25) is 0 Å². The molecule has 2 saturated heterocycles. The van der Waals surface area contributed by atoms with Crippen molar-refractivity contribution in [2.75, 3.05) is 50.8 Å². The average Bonchev–Trinajstić information content (AvgIpc) is 2.74. The molecule has 9 nitrogen and oxygen atoms in total. The molecule has 0 radical (unpaired) electrons. The molecular formula is C20H27F3N4O5.